The fourth-order valence-corrected chi connectivity index (χ4v) is 1.37. The average molecular weight is 189 g/mol. The molecule has 0 aliphatic rings. The van der Waals surface area contributed by atoms with Crippen LogP contribution in [0.25, 0.3) is 11.0 Å². The topological polar surface area (TPSA) is 57.8 Å². The molecule has 2 aromatic rings. The Balaban J connectivity index is 2.30. The van der Waals surface area contributed by atoms with Crippen LogP contribution in [-0.2, 0) is 11.2 Å². The summed E-state index contributed by atoms with van der Waals surface area (Å²) in [5.41, 5.74) is 2.87. The second-order valence-corrected chi connectivity index (χ2v) is 3.10. The number of nitrogens with zero attached hydrogens (tertiary/aromatic N) is 1. The molecule has 2 N–H and O–H groups in total. The monoisotopic (exact) mass is 189 g/mol. The third-order valence-electron chi connectivity index (χ3n) is 2.13. The minimum Gasteiger partial charge on any atom is -0.359 e. The second kappa shape index (κ2) is 3.49. The summed E-state index contributed by atoms with van der Waals surface area (Å²) in [7, 11) is 1.64. The highest BCUT2D eigenvalue weighted by Crippen LogP contribution is 2.11. The number of fused-ring (bicyclic) bond motifs is 1. The number of aromatic nitrogens is 2. The molecule has 72 valence electrons. The lowest BCUT2D eigenvalue weighted by Gasteiger charge is -1.99. The van der Waals surface area contributed by atoms with E-state index in [1.54, 1.807) is 13.4 Å². The second-order valence-electron chi connectivity index (χ2n) is 3.10. The van der Waals surface area contributed by atoms with Crippen LogP contribution < -0.4 is 5.32 Å². The summed E-state index contributed by atoms with van der Waals surface area (Å²) in [6, 6.07) is 5.76. The third kappa shape index (κ3) is 1.59. The van der Waals surface area contributed by atoms with E-state index in [1.165, 1.54) is 0 Å². The van der Waals surface area contributed by atoms with Gasteiger partial charge < -0.3 is 10.3 Å². The highest BCUT2D eigenvalue weighted by molar-refractivity contribution is 5.81. The Hall–Kier alpha value is -1.84. The maximum Gasteiger partial charge on any atom is 0.224 e. The van der Waals surface area contributed by atoms with Gasteiger partial charge >= 0.3 is 0 Å². The van der Waals surface area contributed by atoms with Crippen molar-refractivity contribution in [1.82, 2.24) is 15.3 Å². The molecule has 4 heteroatoms. The summed E-state index contributed by atoms with van der Waals surface area (Å²) >= 11 is 0. The van der Waals surface area contributed by atoms with Crippen LogP contribution in [0.1, 0.15) is 5.56 Å². The molecule has 0 radical (unpaired) electrons. The summed E-state index contributed by atoms with van der Waals surface area (Å²) in [6.45, 7) is 0. The van der Waals surface area contributed by atoms with Gasteiger partial charge in [-0.3, -0.25) is 4.79 Å². The molecule has 0 saturated heterocycles. The Morgan fingerprint density at radius 2 is 2.43 bits per heavy atom. The standard InChI is InChI=1S/C10H11N3O/c1-11-10(14)5-7-2-3-8-9(4-7)13-6-12-8/h2-4,6H,5H2,1H3,(H,11,14)(H,12,13). The van der Waals surface area contributed by atoms with Gasteiger partial charge in [0.05, 0.1) is 23.8 Å². The number of amides is 1. The Labute approximate surface area is 81.3 Å². The van der Waals surface area contributed by atoms with E-state index < -0.39 is 0 Å². The maximum absolute atomic E-state index is 11.1. The minimum atomic E-state index is 0.0175. The molecule has 1 amide bonds. The van der Waals surface area contributed by atoms with Crippen molar-refractivity contribution in [2.75, 3.05) is 7.05 Å². The van der Waals surface area contributed by atoms with Crippen molar-refractivity contribution in [3.05, 3.63) is 30.1 Å². The largest absolute Gasteiger partial charge is 0.359 e. The lowest BCUT2D eigenvalue weighted by Crippen LogP contribution is -2.19. The van der Waals surface area contributed by atoms with Gasteiger partial charge in [0.2, 0.25) is 5.91 Å². The average Bonchev–Trinajstić information content (AvgIpc) is 2.64. The number of H-pyrrole nitrogens is 1. The number of nitrogens with one attached hydrogen (secondary N) is 2. The summed E-state index contributed by atoms with van der Waals surface area (Å²) in [4.78, 5) is 18.2. The molecule has 1 heterocycles. The van der Waals surface area contributed by atoms with Crippen molar-refractivity contribution in [2.24, 2.45) is 0 Å². The van der Waals surface area contributed by atoms with Gasteiger partial charge in [0.25, 0.3) is 0 Å². The molecular weight excluding hydrogens is 178 g/mol. The molecule has 0 atom stereocenters. The molecule has 1 aromatic carbocycles. The van der Waals surface area contributed by atoms with Crippen molar-refractivity contribution in [2.45, 2.75) is 6.42 Å². The predicted molar refractivity (Wildman–Crippen MR) is 53.9 cm³/mol. The van der Waals surface area contributed by atoms with Gasteiger partial charge in [0.15, 0.2) is 0 Å². The first-order chi connectivity index (χ1) is 6.79. The predicted octanol–water partition coefficient (Wildman–Crippen LogP) is 0.851. The normalized spacial score (nSPS) is 10.4. The van der Waals surface area contributed by atoms with Crippen LogP contribution in [0.4, 0.5) is 0 Å². The van der Waals surface area contributed by atoms with Crippen LogP contribution in [0.5, 0.6) is 0 Å². The number of hydrogen-bond acceptors (Lipinski definition) is 2. The number of likely N-dealkylation sites (N-methyl/N-ethyl adjacent to an activating group) is 1. The summed E-state index contributed by atoms with van der Waals surface area (Å²) in [6.07, 6.45) is 2.06. The Morgan fingerprint density at radius 3 is 3.21 bits per heavy atom. The first-order valence-electron chi connectivity index (χ1n) is 4.42. The minimum absolute atomic E-state index is 0.0175. The van der Waals surface area contributed by atoms with Crippen molar-refractivity contribution in [3.8, 4) is 0 Å². The van der Waals surface area contributed by atoms with Gasteiger partial charge in [0.1, 0.15) is 0 Å². The van der Waals surface area contributed by atoms with Gasteiger partial charge in [-0.15, -0.1) is 0 Å². The maximum atomic E-state index is 11.1. The molecule has 0 fully saturated rings. The van der Waals surface area contributed by atoms with E-state index in [4.69, 9.17) is 0 Å². The van der Waals surface area contributed by atoms with Crippen molar-refractivity contribution >= 4 is 16.9 Å². The molecular formula is C10H11N3O. The van der Waals surface area contributed by atoms with E-state index in [2.05, 4.69) is 15.3 Å². The SMILES string of the molecule is CNC(=O)Cc1ccc2nc[nH]c2c1. The van der Waals surface area contributed by atoms with Gasteiger partial charge in [0, 0.05) is 7.05 Å². The first-order valence-corrected chi connectivity index (χ1v) is 4.42. The zero-order valence-electron chi connectivity index (χ0n) is 7.87. The quantitative estimate of drug-likeness (QED) is 0.735. The van der Waals surface area contributed by atoms with Crippen molar-refractivity contribution < 1.29 is 4.79 Å². The van der Waals surface area contributed by atoms with Crippen LogP contribution in [-0.4, -0.2) is 22.9 Å². The lowest BCUT2D eigenvalue weighted by atomic mass is 10.1. The third-order valence-corrected chi connectivity index (χ3v) is 2.13. The van der Waals surface area contributed by atoms with Gasteiger partial charge in [-0.2, -0.15) is 0 Å². The van der Waals surface area contributed by atoms with Crippen molar-refractivity contribution in [1.29, 1.82) is 0 Å². The van der Waals surface area contributed by atoms with Gasteiger partial charge in [-0.1, -0.05) is 6.07 Å². The first kappa shape index (κ1) is 8.74. The van der Waals surface area contributed by atoms with E-state index in [-0.39, 0.29) is 5.91 Å². The van der Waals surface area contributed by atoms with E-state index in [1.807, 2.05) is 18.2 Å². The van der Waals surface area contributed by atoms with Crippen molar-refractivity contribution in [3.63, 3.8) is 0 Å². The summed E-state index contributed by atoms with van der Waals surface area (Å²) < 4.78 is 0. The lowest BCUT2D eigenvalue weighted by molar-refractivity contribution is -0.119. The Morgan fingerprint density at radius 1 is 1.57 bits per heavy atom. The number of carbonyl (C=O) groups is 1. The van der Waals surface area contributed by atoms with Crippen LogP contribution in [0.15, 0.2) is 24.5 Å². The number of rotatable bonds is 2. The zero-order chi connectivity index (χ0) is 9.97. The zero-order valence-corrected chi connectivity index (χ0v) is 7.87. The summed E-state index contributed by atoms with van der Waals surface area (Å²) in [5, 5.41) is 2.59. The fraction of sp³-hybridized carbons (Fsp3) is 0.200. The van der Waals surface area contributed by atoms with Crippen LogP contribution in [0.2, 0.25) is 0 Å². The van der Waals surface area contributed by atoms with E-state index in [0.29, 0.717) is 6.42 Å². The van der Waals surface area contributed by atoms with E-state index >= 15 is 0 Å². The molecule has 0 bridgehead atoms. The highest BCUT2D eigenvalue weighted by Gasteiger charge is 2.02. The molecule has 1 aromatic heterocycles. The molecule has 2 rings (SSSR count). The molecule has 0 saturated carbocycles. The number of carbonyl (C=O) groups excluding carboxylic acids is 1. The van der Waals surface area contributed by atoms with Crippen LogP contribution in [0.3, 0.4) is 0 Å². The highest BCUT2D eigenvalue weighted by atomic mass is 16.1. The molecule has 0 spiro atoms. The molecule has 4 nitrogen and oxygen atoms in total. The Kier molecular flexibility index (Phi) is 2.18. The number of hydrogen-bond donors (Lipinski definition) is 2. The van der Waals surface area contributed by atoms with E-state index in [0.717, 1.165) is 16.6 Å². The fourth-order valence-electron chi connectivity index (χ4n) is 1.37. The number of imidazole rings is 1. The smallest absolute Gasteiger partial charge is 0.224 e. The number of benzene rings is 1. The van der Waals surface area contributed by atoms with Gasteiger partial charge in [-0.05, 0) is 17.7 Å². The van der Waals surface area contributed by atoms with Crippen LogP contribution >= 0.6 is 0 Å². The molecule has 0 unspecified atom stereocenters. The number of aromatic amines is 1. The van der Waals surface area contributed by atoms with E-state index in [9.17, 15) is 4.79 Å². The van der Waals surface area contributed by atoms with Gasteiger partial charge in [-0.25, -0.2) is 4.98 Å². The molecule has 0 aliphatic heterocycles. The summed E-state index contributed by atoms with van der Waals surface area (Å²) in [5.74, 6) is 0.0175. The van der Waals surface area contributed by atoms with Crippen LogP contribution in [0, 0.1) is 0 Å². The Bertz CT molecular complexity index is 461. The molecule has 14 heavy (non-hydrogen) atoms. The molecule has 0 aliphatic carbocycles.